The lowest BCUT2D eigenvalue weighted by Crippen LogP contribution is -2.03. The summed E-state index contributed by atoms with van der Waals surface area (Å²) >= 11 is 13.1. The molecule has 0 spiro atoms. The zero-order chi connectivity index (χ0) is 33.8. The lowest BCUT2D eigenvalue weighted by Gasteiger charge is -2.18. The number of rotatable bonds is 10. The number of nitrogens with zero attached hydrogens (tertiary/aromatic N) is 2. The number of carbonyl (C=O) groups excluding carboxylic acids is 2. The third-order valence-corrected chi connectivity index (χ3v) is 9.02. The van der Waals surface area contributed by atoms with Crippen molar-refractivity contribution in [3.05, 3.63) is 146 Å². The van der Waals surface area contributed by atoms with E-state index >= 15 is 0 Å². The van der Waals surface area contributed by atoms with Crippen molar-refractivity contribution in [2.75, 3.05) is 0 Å². The molecule has 6 aromatic rings. The van der Waals surface area contributed by atoms with Gasteiger partial charge in [0, 0.05) is 40.0 Å². The highest BCUT2D eigenvalue weighted by Crippen LogP contribution is 2.38. The summed E-state index contributed by atoms with van der Waals surface area (Å²) in [6, 6.07) is 28.7. The predicted molar refractivity (Wildman–Crippen MR) is 189 cm³/mol. The van der Waals surface area contributed by atoms with Crippen molar-refractivity contribution in [3.63, 3.8) is 0 Å². The topological polar surface area (TPSA) is 89.3 Å². The fourth-order valence-corrected chi connectivity index (χ4v) is 6.25. The van der Waals surface area contributed by atoms with E-state index in [0.29, 0.717) is 39.5 Å². The number of pyridine rings is 1. The maximum atomic E-state index is 11.8. The van der Waals surface area contributed by atoms with Gasteiger partial charge in [-0.1, -0.05) is 71.7 Å². The second-order valence-electron chi connectivity index (χ2n) is 11.3. The van der Waals surface area contributed by atoms with Gasteiger partial charge in [-0.2, -0.15) is 5.26 Å². The van der Waals surface area contributed by atoms with Crippen LogP contribution in [0.3, 0.4) is 0 Å². The maximum Gasteiger partial charge on any atom is 0.153 e. The maximum absolute atomic E-state index is 11.8. The Bertz CT molecular complexity index is 2260. The van der Waals surface area contributed by atoms with E-state index in [1.165, 1.54) is 12.3 Å². The minimum atomic E-state index is 0.107. The van der Waals surface area contributed by atoms with E-state index in [-0.39, 0.29) is 23.8 Å². The number of ether oxygens (including phenoxy) is 2. The van der Waals surface area contributed by atoms with E-state index in [2.05, 4.69) is 43.1 Å². The number of carbonyl (C=O) groups is 2. The molecule has 0 bridgehead atoms. The molecule has 5 aromatic carbocycles. The molecule has 6 rings (SSSR count). The molecule has 236 valence electrons. The summed E-state index contributed by atoms with van der Waals surface area (Å²) in [7, 11) is 0. The van der Waals surface area contributed by atoms with Gasteiger partial charge in [0.05, 0.1) is 16.1 Å². The Labute approximate surface area is 288 Å². The van der Waals surface area contributed by atoms with Crippen molar-refractivity contribution in [3.8, 4) is 39.8 Å². The molecule has 0 saturated heterocycles. The van der Waals surface area contributed by atoms with Crippen LogP contribution in [0.2, 0.25) is 10.0 Å². The number of hydrogen-bond donors (Lipinski definition) is 0. The third-order valence-electron chi connectivity index (χ3n) is 8.40. The molecule has 0 radical (unpaired) electrons. The van der Waals surface area contributed by atoms with Crippen LogP contribution in [0.5, 0.6) is 11.5 Å². The normalized spacial score (nSPS) is 10.8. The second-order valence-corrected chi connectivity index (χ2v) is 12.1. The summed E-state index contributed by atoms with van der Waals surface area (Å²) in [5.74, 6) is 0.680. The Morgan fingerprint density at radius 3 is 2.21 bits per heavy atom. The number of fused-ring (bicyclic) bond motifs is 1. The molecule has 0 aliphatic heterocycles. The number of aromatic nitrogens is 1. The monoisotopic (exact) mass is 670 g/mol. The molecule has 0 saturated carbocycles. The van der Waals surface area contributed by atoms with Crippen LogP contribution in [-0.2, 0) is 13.2 Å². The van der Waals surface area contributed by atoms with Gasteiger partial charge in [-0.25, -0.2) is 0 Å². The van der Waals surface area contributed by atoms with E-state index in [0.717, 1.165) is 56.0 Å². The molecule has 0 fully saturated rings. The van der Waals surface area contributed by atoms with E-state index in [9.17, 15) is 9.59 Å². The van der Waals surface area contributed by atoms with E-state index in [4.69, 9.17) is 37.9 Å². The fourth-order valence-electron chi connectivity index (χ4n) is 5.80. The van der Waals surface area contributed by atoms with Crippen molar-refractivity contribution in [2.45, 2.75) is 27.1 Å². The zero-order valence-corrected chi connectivity index (χ0v) is 27.6. The summed E-state index contributed by atoms with van der Waals surface area (Å²) in [6.07, 6.45) is 4.59. The predicted octanol–water partition coefficient (Wildman–Crippen LogP) is 10.1. The Kier molecular flexibility index (Phi) is 9.54. The molecule has 0 amide bonds. The molecule has 6 nitrogen and oxygen atoms in total. The van der Waals surface area contributed by atoms with Crippen molar-refractivity contribution < 1.29 is 19.1 Å². The fraction of sp³-hybridized carbons (Fsp3) is 0.100. The quantitative estimate of drug-likeness (QED) is 0.135. The lowest BCUT2D eigenvalue weighted by atomic mass is 9.89. The first-order chi connectivity index (χ1) is 23.3. The first-order valence-electron chi connectivity index (χ1n) is 15.1. The van der Waals surface area contributed by atoms with Crippen LogP contribution >= 0.6 is 23.2 Å². The molecule has 0 unspecified atom stereocenters. The second kappa shape index (κ2) is 14.1. The van der Waals surface area contributed by atoms with Crippen LogP contribution in [0.25, 0.3) is 33.0 Å². The number of halogens is 2. The van der Waals surface area contributed by atoms with Crippen molar-refractivity contribution in [2.24, 2.45) is 0 Å². The van der Waals surface area contributed by atoms with Crippen molar-refractivity contribution in [1.82, 2.24) is 4.98 Å². The van der Waals surface area contributed by atoms with Crippen LogP contribution in [0.1, 0.15) is 48.5 Å². The van der Waals surface area contributed by atoms with Crippen molar-refractivity contribution >= 4 is 46.5 Å². The van der Waals surface area contributed by atoms with Crippen LogP contribution < -0.4 is 9.47 Å². The average Bonchev–Trinajstić information content (AvgIpc) is 3.11. The van der Waals surface area contributed by atoms with Gasteiger partial charge < -0.3 is 9.47 Å². The Morgan fingerprint density at radius 1 is 0.708 bits per heavy atom. The van der Waals surface area contributed by atoms with Crippen LogP contribution in [0.4, 0.5) is 0 Å². The largest absolute Gasteiger partial charge is 0.488 e. The van der Waals surface area contributed by atoms with Gasteiger partial charge in [0.15, 0.2) is 12.6 Å². The number of hydrogen-bond acceptors (Lipinski definition) is 6. The highest BCUT2D eigenvalue weighted by Gasteiger charge is 2.16. The molecule has 1 aromatic heterocycles. The first-order valence-corrected chi connectivity index (χ1v) is 15.8. The van der Waals surface area contributed by atoms with E-state index < -0.39 is 0 Å². The zero-order valence-electron chi connectivity index (χ0n) is 26.1. The Balaban J connectivity index is 1.26. The Hall–Kier alpha value is -5.48. The molecule has 0 atom stereocenters. The number of aldehydes is 2. The van der Waals surface area contributed by atoms with E-state index in [1.807, 2.05) is 36.4 Å². The number of benzene rings is 5. The summed E-state index contributed by atoms with van der Waals surface area (Å²) in [6.45, 7) is 4.50. The Morgan fingerprint density at radius 2 is 1.44 bits per heavy atom. The smallest absolute Gasteiger partial charge is 0.153 e. The molecular weight excluding hydrogens is 643 g/mol. The van der Waals surface area contributed by atoms with Crippen LogP contribution in [0, 0.1) is 25.2 Å². The van der Waals surface area contributed by atoms with Gasteiger partial charge >= 0.3 is 0 Å². The lowest BCUT2D eigenvalue weighted by molar-refractivity contribution is 0.111. The highest BCUT2D eigenvalue weighted by molar-refractivity contribution is 6.36. The van der Waals surface area contributed by atoms with Crippen LogP contribution in [0.15, 0.2) is 97.3 Å². The van der Waals surface area contributed by atoms with Gasteiger partial charge in [-0.05, 0) is 88.5 Å². The summed E-state index contributed by atoms with van der Waals surface area (Å²) in [5, 5.41) is 11.7. The minimum absolute atomic E-state index is 0.107. The SMILES string of the molecule is Cc1c(COc2cc(OCc3cncc(C#N)c3)c(C=O)cc2Cl)cccc1-c1cccc(-c2ccc3c(C=O)ccc(Cl)c3c2)c1C. The first kappa shape index (κ1) is 32.5. The summed E-state index contributed by atoms with van der Waals surface area (Å²) in [4.78, 5) is 27.4. The summed E-state index contributed by atoms with van der Waals surface area (Å²) in [5.41, 5.74) is 9.32. The standard InChI is InChI=1S/C40H28Cl2N2O4/c1-24-30(23-48-40-16-39(31(21-46)15-38(40)42)47-22-27-13-26(17-43)18-44-19-27)5-3-7-33(24)34-8-4-6-32(25(34)2)28-9-11-35-29(20-45)10-12-37(41)36(35)14-28/h3-16,18-21H,22-23H2,1-2H3. The third kappa shape index (κ3) is 6.52. The number of nitriles is 1. The van der Waals surface area contributed by atoms with Crippen molar-refractivity contribution in [1.29, 1.82) is 5.26 Å². The molecule has 48 heavy (non-hydrogen) atoms. The molecule has 0 aliphatic rings. The van der Waals surface area contributed by atoms with Gasteiger partial charge in [0.2, 0.25) is 0 Å². The molecule has 0 aliphatic carbocycles. The highest BCUT2D eigenvalue weighted by atomic mass is 35.5. The molecule has 8 heteroatoms. The molecular formula is C40H28Cl2N2O4. The van der Waals surface area contributed by atoms with Crippen LogP contribution in [-0.4, -0.2) is 17.6 Å². The average molecular weight is 672 g/mol. The van der Waals surface area contributed by atoms with Gasteiger partial charge in [0.1, 0.15) is 30.8 Å². The minimum Gasteiger partial charge on any atom is -0.488 e. The van der Waals surface area contributed by atoms with E-state index in [1.54, 1.807) is 30.5 Å². The summed E-state index contributed by atoms with van der Waals surface area (Å²) < 4.78 is 12.1. The van der Waals surface area contributed by atoms with Gasteiger partial charge in [-0.15, -0.1) is 0 Å². The van der Waals surface area contributed by atoms with Gasteiger partial charge in [-0.3, -0.25) is 14.6 Å². The molecule has 0 N–H and O–H groups in total. The van der Waals surface area contributed by atoms with Gasteiger partial charge in [0.25, 0.3) is 0 Å². The molecule has 1 heterocycles.